The van der Waals surface area contributed by atoms with E-state index in [1.807, 2.05) is 0 Å². The molecule has 1 heterocycles. The maximum atomic E-state index is 11.6. The summed E-state index contributed by atoms with van der Waals surface area (Å²) < 4.78 is 6.45. The third-order valence-corrected chi connectivity index (χ3v) is 8.39. The molecule has 2 bridgehead atoms. The van der Waals surface area contributed by atoms with Crippen molar-refractivity contribution in [3.05, 3.63) is 41.5 Å². The van der Waals surface area contributed by atoms with Crippen LogP contribution in [0.2, 0.25) is 0 Å². The molecule has 5 rings (SSSR count). The number of nitrogens with zero attached hydrogens (tertiary/aromatic N) is 1. The largest absolute Gasteiger partial charge is 0.490 e. The van der Waals surface area contributed by atoms with Gasteiger partial charge < -0.3 is 9.84 Å². The summed E-state index contributed by atoms with van der Waals surface area (Å²) in [7, 11) is 0. The number of hydrogen-bond acceptors (Lipinski definition) is 3. The zero-order valence-corrected chi connectivity index (χ0v) is 19.6. The Bertz CT molecular complexity index is 978. The summed E-state index contributed by atoms with van der Waals surface area (Å²) in [5.74, 6) is 1.74. The van der Waals surface area contributed by atoms with Gasteiger partial charge in [-0.3, -0.25) is 9.69 Å². The van der Waals surface area contributed by atoms with E-state index in [0.29, 0.717) is 18.1 Å². The second kappa shape index (κ2) is 9.05. The predicted molar refractivity (Wildman–Crippen MR) is 128 cm³/mol. The second-order valence-electron chi connectivity index (χ2n) is 10.8. The zero-order chi connectivity index (χ0) is 22.2. The van der Waals surface area contributed by atoms with Gasteiger partial charge in [0.25, 0.3) is 0 Å². The summed E-state index contributed by atoms with van der Waals surface area (Å²) in [6.45, 7) is 6.56. The minimum Gasteiger partial charge on any atom is -0.490 e. The number of fused-ring (bicyclic) bond motifs is 3. The van der Waals surface area contributed by atoms with E-state index in [0.717, 1.165) is 63.3 Å². The van der Waals surface area contributed by atoms with E-state index < -0.39 is 5.97 Å². The molecule has 3 fully saturated rings. The first kappa shape index (κ1) is 21.8. The van der Waals surface area contributed by atoms with Crippen LogP contribution in [0.25, 0.3) is 10.8 Å². The maximum absolute atomic E-state index is 11.6. The van der Waals surface area contributed by atoms with Crippen LogP contribution in [0.1, 0.15) is 69.4 Å². The van der Waals surface area contributed by atoms with Crippen LogP contribution in [-0.2, 0) is 11.3 Å². The van der Waals surface area contributed by atoms with Gasteiger partial charge in [0.05, 0.1) is 12.0 Å². The fourth-order valence-corrected chi connectivity index (χ4v) is 6.33. The minimum absolute atomic E-state index is 0.172. The Morgan fingerprint density at radius 2 is 1.84 bits per heavy atom. The number of carboxylic acids is 1. The Morgan fingerprint density at radius 3 is 2.62 bits per heavy atom. The van der Waals surface area contributed by atoms with Crippen LogP contribution in [0.5, 0.6) is 5.75 Å². The lowest BCUT2D eigenvalue weighted by Gasteiger charge is -2.28. The van der Waals surface area contributed by atoms with Crippen LogP contribution in [0, 0.1) is 24.7 Å². The van der Waals surface area contributed by atoms with E-state index in [1.165, 1.54) is 34.7 Å². The Balaban J connectivity index is 1.33. The number of aliphatic carboxylic acids is 1. The molecular weight excluding hydrogens is 398 g/mol. The molecule has 4 nitrogen and oxygen atoms in total. The molecule has 2 aromatic rings. The molecule has 2 aromatic carbocycles. The number of rotatable bonds is 5. The van der Waals surface area contributed by atoms with Gasteiger partial charge in [-0.25, -0.2) is 0 Å². The van der Waals surface area contributed by atoms with Crippen molar-refractivity contribution in [2.45, 2.75) is 83.9 Å². The van der Waals surface area contributed by atoms with Crippen LogP contribution in [0.4, 0.5) is 0 Å². The summed E-state index contributed by atoms with van der Waals surface area (Å²) in [4.78, 5) is 14.1. The van der Waals surface area contributed by atoms with Gasteiger partial charge in [0.1, 0.15) is 5.75 Å². The first-order valence-corrected chi connectivity index (χ1v) is 12.6. The van der Waals surface area contributed by atoms with Crippen molar-refractivity contribution in [3.63, 3.8) is 0 Å². The second-order valence-corrected chi connectivity index (χ2v) is 10.8. The van der Waals surface area contributed by atoms with Crippen molar-refractivity contribution in [2.75, 3.05) is 6.54 Å². The molecule has 172 valence electrons. The van der Waals surface area contributed by atoms with Crippen molar-refractivity contribution in [2.24, 2.45) is 17.8 Å². The fourth-order valence-electron chi connectivity index (χ4n) is 6.33. The minimum atomic E-state index is -0.612. The highest BCUT2D eigenvalue weighted by Gasteiger charge is 2.38. The SMILES string of the molecule is Cc1c(O[C@H]2CC[C@@H](C)CC2)ccc2ccc(CN3CC4CCC(C(=O)O)CC3C4)cc12. The van der Waals surface area contributed by atoms with Crippen LogP contribution in [-0.4, -0.2) is 34.7 Å². The van der Waals surface area contributed by atoms with Crippen molar-refractivity contribution in [1.29, 1.82) is 0 Å². The maximum Gasteiger partial charge on any atom is 0.306 e. The van der Waals surface area contributed by atoms with E-state index in [2.05, 4.69) is 49.1 Å². The smallest absolute Gasteiger partial charge is 0.306 e. The molecule has 0 amide bonds. The van der Waals surface area contributed by atoms with Crippen LogP contribution >= 0.6 is 0 Å². The van der Waals surface area contributed by atoms with E-state index in [9.17, 15) is 9.90 Å². The van der Waals surface area contributed by atoms with Crippen molar-refractivity contribution in [1.82, 2.24) is 4.90 Å². The van der Waals surface area contributed by atoms with Gasteiger partial charge in [-0.05, 0) is 104 Å². The number of ether oxygens (including phenoxy) is 1. The molecule has 2 saturated carbocycles. The average Bonchev–Trinajstić information content (AvgIpc) is 3.01. The van der Waals surface area contributed by atoms with Gasteiger partial charge in [-0.2, -0.15) is 0 Å². The van der Waals surface area contributed by atoms with Crippen LogP contribution in [0.3, 0.4) is 0 Å². The molecule has 4 heteroatoms. The lowest BCUT2D eigenvalue weighted by atomic mass is 9.89. The molecule has 1 aliphatic heterocycles. The molecule has 2 aliphatic carbocycles. The average molecular weight is 436 g/mol. The Morgan fingerprint density at radius 1 is 1.06 bits per heavy atom. The first-order chi connectivity index (χ1) is 15.5. The van der Waals surface area contributed by atoms with Gasteiger partial charge in [-0.1, -0.05) is 25.1 Å². The Hall–Kier alpha value is -2.07. The van der Waals surface area contributed by atoms with Gasteiger partial charge in [0.15, 0.2) is 0 Å². The summed E-state index contributed by atoms with van der Waals surface area (Å²) in [6.07, 6.45) is 9.07. The summed E-state index contributed by atoms with van der Waals surface area (Å²) in [5, 5.41) is 12.1. The third kappa shape index (κ3) is 4.52. The van der Waals surface area contributed by atoms with Gasteiger partial charge in [0.2, 0.25) is 0 Å². The quantitative estimate of drug-likeness (QED) is 0.609. The molecule has 32 heavy (non-hydrogen) atoms. The lowest BCUT2D eigenvalue weighted by Crippen LogP contribution is -2.33. The number of carbonyl (C=O) groups is 1. The highest BCUT2D eigenvalue weighted by Crippen LogP contribution is 2.38. The topological polar surface area (TPSA) is 49.8 Å². The number of likely N-dealkylation sites (tertiary alicyclic amines) is 1. The molecule has 0 spiro atoms. The molecule has 1 saturated heterocycles. The lowest BCUT2D eigenvalue weighted by molar-refractivity contribution is -0.142. The summed E-state index contributed by atoms with van der Waals surface area (Å²) in [5.41, 5.74) is 2.56. The number of hydrogen-bond donors (Lipinski definition) is 1. The van der Waals surface area contributed by atoms with Crippen LogP contribution < -0.4 is 4.74 Å². The normalized spacial score (nSPS) is 30.9. The van der Waals surface area contributed by atoms with E-state index >= 15 is 0 Å². The van der Waals surface area contributed by atoms with Crippen molar-refractivity contribution < 1.29 is 14.6 Å². The van der Waals surface area contributed by atoms with Gasteiger partial charge in [-0.15, -0.1) is 0 Å². The third-order valence-electron chi connectivity index (χ3n) is 8.39. The number of benzene rings is 2. The van der Waals surface area contributed by atoms with Gasteiger partial charge in [0, 0.05) is 19.1 Å². The van der Waals surface area contributed by atoms with E-state index in [-0.39, 0.29) is 5.92 Å². The van der Waals surface area contributed by atoms with E-state index in [4.69, 9.17) is 4.74 Å². The number of carboxylic acid groups (broad SMARTS) is 1. The monoisotopic (exact) mass is 435 g/mol. The Labute approximate surface area is 191 Å². The standard InChI is InChI=1S/C28H37NO3/c1-18-3-10-25(11-4-18)32-27-12-9-22-7-5-21(14-26(22)19(27)2)17-29-16-20-6-8-23(28(30)31)15-24(29)13-20/h5,7,9,12,14,18,20,23-25H,3-4,6,8,10-11,13,15-17H2,1-2H3,(H,30,31)/t18-,20?,23?,24?,25+. The Kier molecular flexibility index (Phi) is 6.16. The van der Waals surface area contributed by atoms with Gasteiger partial charge >= 0.3 is 5.97 Å². The highest BCUT2D eigenvalue weighted by molar-refractivity contribution is 5.88. The molecule has 0 radical (unpaired) electrons. The number of aryl methyl sites for hydroxylation is 1. The van der Waals surface area contributed by atoms with Crippen molar-refractivity contribution >= 4 is 16.7 Å². The molecule has 0 aromatic heterocycles. The predicted octanol–water partition coefficient (Wildman–Crippen LogP) is 6.18. The van der Waals surface area contributed by atoms with Crippen LogP contribution in [0.15, 0.2) is 30.3 Å². The molecule has 3 unspecified atom stereocenters. The molecule has 1 N–H and O–H groups in total. The first-order valence-electron chi connectivity index (χ1n) is 12.6. The summed E-state index contributed by atoms with van der Waals surface area (Å²) >= 11 is 0. The summed E-state index contributed by atoms with van der Waals surface area (Å²) in [6, 6.07) is 11.6. The highest BCUT2D eigenvalue weighted by atomic mass is 16.5. The molecule has 3 atom stereocenters. The molecule has 3 aliphatic rings. The fraction of sp³-hybridized carbons (Fsp3) is 0.607. The van der Waals surface area contributed by atoms with E-state index in [1.54, 1.807) is 0 Å². The zero-order valence-electron chi connectivity index (χ0n) is 19.6. The molecular formula is C28H37NO3. The van der Waals surface area contributed by atoms with Crippen molar-refractivity contribution in [3.8, 4) is 5.75 Å².